The van der Waals surface area contributed by atoms with Crippen molar-refractivity contribution in [3.8, 4) is 0 Å². The van der Waals surface area contributed by atoms with E-state index in [2.05, 4.69) is 15.2 Å². The molecule has 2 atom stereocenters. The minimum absolute atomic E-state index is 0.276. The van der Waals surface area contributed by atoms with Crippen molar-refractivity contribution in [1.82, 2.24) is 20.1 Å². The fourth-order valence-electron chi connectivity index (χ4n) is 3.88. The maximum absolute atomic E-state index is 14.1. The predicted octanol–water partition coefficient (Wildman–Crippen LogP) is 4.30. The van der Waals surface area contributed by atoms with E-state index in [1.165, 1.54) is 4.90 Å². The van der Waals surface area contributed by atoms with E-state index in [-0.39, 0.29) is 5.69 Å². The van der Waals surface area contributed by atoms with Gasteiger partial charge in [0.25, 0.3) is 0 Å². The van der Waals surface area contributed by atoms with E-state index in [0.717, 1.165) is 16.5 Å². The average molecular weight is 378 g/mol. The van der Waals surface area contributed by atoms with Crippen LogP contribution >= 0.6 is 0 Å². The second-order valence-electron chi connectivity index (χ2n) is 7.05. The molecule has 4 rings (SSSR count). The maximum Gasteiger partial charge on any atom is 0.401 e. The lowest BCUT2D eigenvalue weighted by atomic mass is 9.85. The van der Waals surface area contributed by atoms with Gasteiger partial charge in [0.1, 0.15) is 0 Å². The molecule has 4 nitrogen and oxygen atoms in total. The van der Waals surface area contributed by atoms with Gasteiger partial charge in [0.2, 0.25) is 5.95 Å². The third-order valence-corrected chi connectivity index (χ3v) is 5.16. The number of rotatable bonds is 2. The van der Waals surface area contributed by atoms with Gasteiger partial charge in [-0.3, -0.25) is 10.00 Å². The summed E-state index contributed by atoms with van der Waals surface area (Å²) in [5.74, 6) is -0.663. The lowest BCUT2D eigenvalue weighted by molar-refractivity contribution is -0.155. The Morgan fingerprint density at radius 1 is 1.22 bits per heavy atom. The van der Waals surface area contributed by atoms with Gasteiger partial charge in [-0.1, -0.05) is 12.1 Å². The highest BCUT2D eigenvalue weighted by atomic mass is 19.4. The Hall–Kier alpha value is -2.48. The summed E-state index contributed by atoms with van der Waals surface area (Å²) in [5.41, 5.74) is 3.10. The lowest BCUT2D eigenvalue weighted by Gasteiger charge is -2.42. The molecule has 1 aromatic carbocycles. The van der Waals surface area contributed by atoms with Gasteiger partial charge in [0.05, 0.1) is 30.0 Å². The minimum atomic E-state index is -4.37. The lowest BCUT2D eigenvalue weighted by Crippen LogP contribution is -2.47. The summed E-state index contributed by atoms with van der Waals surface area (Å²) in [6.07, 6.45) is -2.24. The third kappa shape index (κ3) is 3.18. The predicted molar refractivity (Wildman–Crippen MR) is 92.8 cm³/mol. The largest absolute Gasteiger partial charge is 0.401 e. The van der Waals surface area contributed by atoms with E-state index < -0.39 is 30.8 Å². The van der Waals surface area contributed by atoms with Gasteiger partial charge in [0, 0.05) is 17.0 Å². The molecule has 0 fully saturated rings. The summed E-state index contributed by atoms with van der Waals surface area (Å²) in [4.78, 5) is 5.33. The normalized spacial score (nSPS) is 20.8. The standard InChI is InChI=1S/C19H18F4N4/c1-10-3-5-16(25-18(10)20)17-12-4-6-15-14(8-24-26-15)13(12)7-11(2)27(17)9-19(21,22)23/h3-6,8,11,17H,7,9H2,1-2H3,(H,24,26)/t11-,17+/m1/s1. The molecule has 0 spiro atoms. The zero-order chi connectivity index (χ0) is 19.3. The number of halogens is 4. The fourth-order valence-corrected chi connectivity index (χ4v) is 3.88. The van der Waals surface area contributed by atoms with Crippen molar-refractivity contribution in [2.75, 3.05) is 6.54 Å². The van der Waals surface area contributed by atoms with E-state index in [1.807, 2.05) is 0 Å². The van der Waals surface area contributed by atoms with Crippen LogP contribution in [0, 0.1) is 12.9 Å². The topological polar surface area (TPSA) is 44.8 Å². The highest BCUT2D eigenvalue weighted by molar-refractivity contribution is 5.83. The van der Waals surface area contributed by atoms with Gasteiger partial charge in [-0.25, -0.2) is 4.98 Å². The number of pyridine rings is 1. The molecule has 3 heterocycles. The van der Waals surface area contributed by atoms with Gasteiger partial charge in [-0.15, -0.1) is 0 Å². The van der Waals surface area contributed by atoms with E-state index in [9.17, 15) is 17.6 Å². The first kappa shape index (κ1) is 17.9. The maximum atomic E-state index is 14.1. The van der Waals surface area contributed by atoms with Gasteiger partial charge in [0.15, 0.2) is 0 Å². The molecule has 142 valence electrons. The summed E-state index contributed by atoms with van der Waals surface area (Å²) < 4.78 is 53.9. The molecule has 0 radical (unpaired) electrons. The fraction of sp³-hybridized carbons (Fsp3) is 0.368. The average Bonchev–Trinajstić information content (AvgIpc) is 3.06. The Morgan fingerprint density at radius 3 is 2.70 bits per heavy atom. The minimum Gasteiger partial charge on any atom is -0.279 e. The first-order valence-electron chi connectivity index (χ1n) is 8.65. The Bertz CT molecular complexity index is 995. The molecule has 0 unspecified atom stereocenters. The van der Waals surface area contributed by atoms with E-state index in [4.69, 9.17) is 0 Å². The number of H-pyrrole nitrogens is 1. The van der Waals surface area contributed by atoms with Crippen molar-refractivity contribution in [2.45, 2.75) is 38.5 Å². The van der Waals surface area contributed by atoms with Crippen molar-refractivity contribution in [3.05, 3.63) is 58.8 Å². The number of aryl methyl sites for hydroxylation is 1. The van der Waals surface area contributed by atoms with Crippen LogP contribution in [-0.2, 0) is 6.42 Å². The van der Waals surface area contributed by atoms with Crippen molar-refractivity contribution in [2.24, 2.45) is 0 Å². The van der Waals surface area contributed by atoms with Crippen LogP contribution in [0.25, 0.3) is 10.9 Å². The number of aromatic nitrogens is 3. The molecule has 0 aliphatic carbocycles. The van der Waals surface area contributed by atoms with Gasteiger partial charge < -0.3 is 0 Å². The van der Waals surface area contributed by atoms with Crippen molar-refractivity contribution >= 4 is 10.9 Å². The number of hydrogen-bond acceptors (Lipinski definition) is 3. The van der Waals surface area contributed by atoms with Crippen LogP contribution in [0.1, 0.15) is 35.3 Å². The van der Waals surface area contributed by atoms with E-state index in [1.54, 1.807) is 44.3 Å². The number of aromatic amines is 1. The summed E-state index contributed by atoms with van der Waals surface area (Å²) in [6.45, 7) is 2.25. The first-order chi connectivity index (χ1) is 12.7. The molecular weight excluding hydrogens is 360 g/mol. The Kier molecular flexibility index (Phi) is 4.18. The number of nitrogens with zero attached hydrogens (tertiary/aromatic N) is 3. The number of nitrogens with one attached hydrogen (secondary N) is 1. The molecule has 2 aromatic heterocycles. The van der Waals surface area contributed by atoms with Crippen molar-refractivity contribution in [3.63, 3.8) is 0 Å². The van der Waals surface area contributed by atoms with Crippen LogP contribution in [0.5, 0.6) is 0 Å². The Morgan fingerprint density at radius 2 is 2.00 bits per heavy atom. The van der Waals surface area contributed by atoms with E-state index in [0.29, 0.717) is 17.5 Å². The van der Waals surface area contributed by atoms with Gasteiger partial charge in [-0.05, 0) is 43.5 Å². The second kappa shape index (κ2) is 6.30. The van der Waals surface area contributed by atoms with Crippen molar-refractivity contribution in [1.29, 1.82) is 0 Å². The molecule has 1 aliphatic rings. The molecule has 1 aliphatic heterocycles. The van der Waals surface area contributed by atoms with Crippen LogP contribution in [0.3, 0.4) is 0 Å². The van der Waals surface area contributed by atoms with Crippen LogP contribution in [0.15, 0.2) is 30.5 Å². The van der Waals surface area contributed by atoms with Crippen LogP contribution in [0.4, 0.5) is 17.6 Å². The summed E-state index contributed by atoms with van der Waals surface area (Å²) in [6, 6.07) is 5.57. The summed E-state index contributed by atoms with van der Waals surface area (Å²) >= 11 is 0. The number of hydrogen-bond donors (Lipinski definition) is 1. The monoisotopic (exact) mass is 378 g/mol. The number of alkyl halides is 3. The van der Waals surface area contributed by atoms with Crippen molar-refractivity contribution < 1.29 is 17.6 Å². The molecule has 0 bridgehead atoms. The SMILES string of the molecule is Cc1ccc([C@@H]2c3ccc4[nH]ncc4c3C[C@@H](C)N2CC(F)(F)F)nc1F. The van der Waals surface area contributed by atoms with E-state index >= 15 is 0 Å². The third-order valence-electron chi connectivity index (χ3n) is 5.16. The molecule has 1 N–H and O–H groups in total. The molecule has 27 heavy (non-hydrogen) atoms. The number of benzene rings is 1. The zero-order valence-electron chi connectivity index (χ0n) is 14.8. The number of fused-ring (bicyclic) bond motifs is 3. The van der Waals surface area contributed by atoms with Crippen LogP contribution < -0.4 is 0 Å². The summed E-state index contributed by atoms with van der Waals surface area (Å²) in [7, 11) is 0. The Balaban J connectivity index is 1.92. The molecule has 3 aromatic rings. The Labute approximate surface area is 153 Å². The molecule has 0 saturated heterocycles. The highest BCUT2D eigenvalue weighted by Crippen LogP contribution is 2.41. The van der Waals surface area contributed by atoms with Crippen LogP contribution in [-0.4, -0.2) is 38.8 Å². The quantitative estimate of drug-likeness (QED) is 0.534. The summed E-state index contributed by atoms with van der Waals surface area (Å²) in [5, 5.41) is 7.81. The smallest absolute Gasteiger partial charge is 0.279 e. The van der Waals surface area contributed by atoms with Crippen LogP contribution in [0.2, 0.25) is 0 Å². The molecule has 8 heteroatoms. The molecular formula is C19H18F4N4. The first-order valence-corrected chi connectivity index (χ1v) is 8.65. The zero-order valence-corrected chi connectivity index (χ0v) is 14.8. The second-order valence-corrected chi connectivity index (χ2v) is 7.05. The molecule has 0 amide bonds. The molecule has 0 saturated carbocycles. The van der Waals surface area contributed by atoms with Gasteiger partial charge in [-0.2, -0.15) is 22.7 Å². The van der Waals surface area contributed by atoms with Gasteiger partial charge >= 0.3 is 6.18 Å². The highest BCUT2D eigenvalue weighted by Gasteiger charge is 2.41.